The predicted octanol–water partition coefficient (Wildman–Crippen LogP) is 5.73. The zero-order valence-electron chi connectivity index (χ0n) is 19.8. The van der Waals surface area contributed by atoms with E-state index in [0.717, 1.165) is 41.7 Å². The maximum absolute atomic E-state index is 13.3. The van der Waals surface area contributed by atoms with E-state index in [1.807, 2.05) is 19.1 Å². The second kappa shape index (κ2) is 9.02. The van der Waals surface area contributed by atoms with Gasteiger partial charge in [0.2, 0.25) is 5.88 Å². The van der Waals surface area contributed by atoms with Gasteiger partial charge in [0, 0.05) is 33.5 Å². The normalized spacial score (nSPS) is 14.7. The van der Waals surface area contributed by atoms with Crippen molar-refractivity contribution < 1.29 is 17.9 Å². The molecule has 0 aliphatic carbocycles. The maximum atomic E-state index is 13.3. The Kier molecular flexibility index (Phi) is 5.78. The van der Waals surface area contributed by atoms with Gasteiger partial charge in [-0.25, -0.2) is 23.4 Å². The molecule has 0 saturated carbocycles. The summed E-state index contributed by atoms with van der Waals surface area (Å²) in [7, 11) is -2.60. The highest BCUT2D eigenvalue weighted by molar-refractivity contribution is 7.92. The highest BCUT2D eigenvalue weighted by Crippen LogP contribution is 2.43. The number of sulfonamides is 1. The summed E-state index contributed by atoms with van der Waals surface area (Å²) in [6.45, 7) is 1.98. The van der Waals surface area contributed by atoms with Crippen molar-refractivity contribution in [2.75, 3.05) is 11.8 Å². The molecule has 8 bridgehead atoms. The number of hydrogen-bond acceptors (Lipinski definition) is 9. The molecule has 0 saturated heterocycles. The van der Waals surface area contributed by atoms with Crippen LogP contribution in [-0.4, -0.2) is 36.3 Å². The van der Waals surface area contributed by atoms with Crippen LogP contribution in [0.4, 0.5) is 5.69 Å². The van der Waals surface area contributed by atoms with Gasteiger partial charge in [0.25, 0.3) is 10.0 Å². The van der Waals surface area contributed by atoms with Gasteiger partial charge in [-0.1, -0.05) is 12.1 Å². The molecule has 0 atom stereocenters. The van der Waals surface area contributed by atoms with Crippen molar-refractivity contribution in [3.63, 3.8) is 0 Å². The van der Waals surface area contributed by atoms with Crippen LogP contribution in [0.1, 0.15) is 27.2 Å². The topological polar surface area (TPSA) is 111 Å². The Labute approximate surface area is 221 Å². The van der Waals surface area contributed by atoms with Crippen molar-refractivity contribution in [3.8, 4) is 26.9 Å². The summed E-state index contributed by atoms with van der Waals surface area (Å²) in [5, 5.41) is 0. The Morgan fingerprint density at radius 2 is 1.86 bits per heavy atom. The molecule has 37 heavy (non-hydrogen) atoms. The number of thiophene rings is 2. The quantitative estimate of drug-likeness (QED) is 0.285. The minimum Gasteiger partial charge on any atom is -0.480 e. The Morgan fingerprint density at radius 1 is 1.00 bits per heavy atom. The minimum absolute atomic E-state index is 0.0108. The third kappa shape index (κ3) is 4.18. The lowest BCUT2D eigenvalue weighted by molar-refractivity contribution is 0.0983. The largest absolute Gasteiger partial charge is 0.480 e. The molecule has 0 fully saturated rings. The van der Waals surface area contributed by atoms with Crippen LogP contribution in [0.15, 0.2) is 59.9 Å². The van der Waals surface area contributed by atoms with E-state index in [4.69, 9.17) is 4.74 Å². The number of hydrogen-bond donors (Lipinski definition) is 1. The van der Waals surface area contributed by atoms with Crippen LogP contribution in [0.25, 0.3) is 31.2 Å². The molecule has 0 unspecified atom stereocenters. The molecule has 1 aliphatic rings. The number of ether oxygens (including phenoxy) is 1. The van der Waals surface area contributed by atoms with Gasteiger partial charge in [0.15, 0.2) is 5.78 Å². The number of methoxy groups -OCH3 is 1. The van der Waals surface area contributed by atoms with E-state index in [1.165, 1.54) is 30.6 Å². The van der Waals surface area contributed by atoms with E-state index in [-0.39, 0.29) is 28.7 Å². The van der Waals surface area contributed by atoms with Crippen LogP contribution in [-0.2, 0) is 16.4 Å². The SMILES string of the molecule is COc1ncc2cc1NS(=O)(=O)c1cccc(c1)C(=O)CCc1ccc(s1)-c1ncnc3c(C)c-2sc13. The van der Waals surface area contributed by atoms with E-state index >= 15 is 0 Å². The van der Waals surface area contributed by atoms with Gasteiger partial charge < -0.3 is 4.74 Å². The van der Waals surface area contributed by atoms with Crippen LogP contribution in [0.2, 0.25) is 0 Å². The summed E-state index contributed by atoms with van der Waals surface area (Å²) in [5.41, 5.74) is 3.89. The molecule has 5 heterocycles. The number of carbonyl (C=O) groups is 1. The van der Waals surface area contributed by atoms with E-state index in [9.17, 15) is 13.2 Å². The Hall–Kier alpha value is -3.67. The second-order valence-electron chi connectivity index (χ2n) is 8.56. The molecule has 1 aliphatic heterocycles. The van der Waals surface area contributed by atoms with Crippen LogP contribution in [0.3, 0.4) is 0 Å². The Balaban J connectivity index is 1.59. The summed E-state index contributed by atoms with van der Waals surface area (Å²) in [6.07, 6.45) is 4.03. The molecule has 0 amide bonds. The van der Waals surface area contributed by atoms with Crippen LogP contribution in [0.5, 0.6) is 5.88 Å². The van der Waals surface area contributed by atoms with Crippen LogP contribution < -0.4 is 9.46 Å². The number of carbonyl (C=O) groups excluding carboxylic acids is 1. The molecular formula is C26H20N4O4S3. The van der Waals surface area contributed by atoms with Crippen molar-refractivity contribution in [1.29, 1.82) is 0 Å². The minimum atomic E-state index is -4.03. The molecule has 0 radical (unpaired) electrons. The number of nitrogens with zero attached hydrogens (tertiary/aromatic N) is 3. The number of aryl methyl sites for hydroxylation is 2. The Morgan fingerprint density at radius 3 is 2.70 bits per heavy atom. The van der Waals surface area contributed by atoms with Gasteiger partial charge in [-0.3, -0.25) is 9.52 Å². The first-order chi connectivity index (χ1) is 17.8. The fourth-order valence-corrected chi connectivity index (χ4v) is 7.76. The van der Waals surface area contributed by atoms with E-state index in [2.05, 4.69) is 19.7 Å². The molecule has 11 heteroatoms. The first-order valence-corrected chi connectivity index (χ1v) is 14.5. The highest BCUT2D eigenvalue weighted by atomic mass is 32.2. The fourth-order valence-electron chi connectivity index (χ4n) is 4.35. The van der Waals surface area contributed by atoms with Gasteiger partial charge in [-0.2, -0.15) is 0 Å². The van der Waals surface area contributed by atoms with Crippen molar-refractivity contribution in [3.05, 3.63) is 71.0 Å². The van der Waals surface area contributed by atoms with E-state index in [1.54, 1.807) is 42.1 Å². The molecule has 0 spiro atoms. The van der Waals surface area contributed by atoms with E-state index in [0.29, 0.717) is 12.0 Å². The maximum Gasteiger partial charge on any atom is 0.262 e. The van der Waals surface area contributed by atoms with Gasteiger partial charge in [-0.05, 0) is 49.2 Å². The van der Waals surface area contributed by atoms with Crippen molar-refractivity contribution in [1.82, 2.24) is 15.0 Å². The number of rotatable bonds is 1. The molecule has 186 valence electrons. The monoisotopic (exact) mass is 548 g/mol. The second-order valence-corrected chi connectivity index (χ2v) is 12.4. The van der Waals surface area contributed by atoms with Crippen molar-refractivity contribution in [2.45, 2.75) is 24.7 Å². The molecule has 1 N–H and O–H groups in total. The number of anilines is 1. The number of ketones is 1. The van der Waals surface area contributed by atoms with Crippen LogP contribution >= 0.6 is 22.7 Å². The fraction of sp³-hybridized carbons (Fsp3) is 0.154. The molecule has 8 nitrogen and oxygen atoms in total. The average molecular weight is 549 g/mol. The van der Waals surface area contributed by atoms with Gasteiger partial charge in [0.05, 0.1) is 27.1 Å². The molecular weight excluding hydrogens is 529 g/mol. The third-order valence-electron chi connectivity index (χ3n) is 6.21. The lowest BCUT2D eigenvalue weighted by Gasteiger charge is -2.13. The molecule has 1 aromatic carbocycles. The van der Waals surface area contributed by atoms with Crippen molar-refractivity contribution >= 4 is 54.4 Å². The summed E-state index contributed by atoms with van der Waals surface area (Å²) in [5.74, 6) is 0.0108. The zero-order valence-corrected chi connectivity index (χ0v) is 22.3. The first kappa shape index (κ1) is 23.7. The number of nitrogens with one attached hydrogen (secondary N) is 1. The van der Waals surface area contributed by atoms with Gasteiger partial charge >= 0.3 is 0 Å². The molecule has 6 rings (SSSR count). The summed E-state index contributed by atoms with van der Waals surface area (Å²) >= 11 is 3.14. The first-order valence-electron chi connectivity index (χ1n) is 11.4. The lowest BCUT2D eigenvalue weighted by atomic mass is 10.1. The van der Waals surface area contributed by atoms with Crippen molar-refractivity contribution in [2.24, 2.45) is 0 Å². The summed E-state index contributed by atoms with van der Waals surface area (Å²) in [6, 6.07) is 11.8. The Bertz CT molecular complexity index is 1810. The summed E-state index contributed by atoms with van der Waals surface area (Å²) in [4.78, 5) is 29.4. The van der Waals surface area contributed by atoms with Gasteiger partial charge in [-0.15, -0.1) is 22.7 Å². The zero-order chi connectivity index (χ0) is 25.7. The van der Waals surface area contributed by atoms with Crippen LogP contribution in [0, 0.1) is 6.92 Å². The molecule has 5 aromatic rings. The van der Waals surface area contributed by atoms with E-state index < -0.39 is 10.0 Å². The highest BCUT2D eigenvalue weighted by Gasteiger charge is 2.22. The predicted molar refractivity (Wildman–Crippen MR) is 145 cm³/mol. The standard InChI is InChI=1S/C26H20N4O4S3/c1-14-22-25-23(29-13-28-22)21-9-7-17(35-21)6-8-20(31)15-4-3-5-18(10-15)37(32,33)30-19-11-16(24(14)36-25)12-27-26(19)34-2/h3-5,7,9-13,30H,6,8H2,1-2H3. The van der Waals surface area contributed by atoms with Gasteiger partial charge in [0.1, 0.15) is 17.7 Å². The smallest absolute Gasteiger partial charge is 0.262 e. The molecule has 4 aromatic heterocycles. The summed E-state index contributed by atoms with van der Waals surface area (Å²) < 4.78 is 35.6. The number of pyridine rings is 1. The lowest BCUT2D eigenvalue weighted by Crippen LogP contribution is -2.15. The number of fused-ring (bicyclic) bond motifs is 9. The average Bonchev–Trinajstić information content (AvgIpc) is 3.51. The number of benzene rings is 1. The number of aromatic nitrogens is 3. The number of Topliss-reactive ketones (excluding diaryl/α,β-unsaturated/α-hetero) is 1. The third-order valence-corrected chi connectivity index (χ3v) is 10.1.